The molecule has 0 bridgehead atoms. The second-order valence-corrected chi connectivity index (χ2v) is 4.97. The van der Waals surface area contributed by atoms with Gasteiger partial charge in [0.2, 0.25) is 0 Å². The molecule has 0 saturated heterocycles. The number of thiazole rings is 1. The highest BCUT2D eigenvalue weighted by molar-refractivity contribution is 7.15. The summed E-state index contributed by atoms with van der Waals surface area (Å²) in [6.45, 7) is 1.09. The van der Waals surface area contributed by atoms with Gasteiger partial charge in [0.1, 0.15) is 0 Å². The van der Waals surface area contributed by atoms with Crippen LogP contribution in [0.5, 0.6) is 0 Å². The Morgan fingerprint density at radius 3 is 2.74 bits per heavy atom. The number of likely N-dealkylation sites (N-methyl/N-ethyl adjacent to an activating group) is 1. The fourth-order valence-electron chi connectivity index (χ4n) is 1.16. The molecule has 1 heterocycles. The van der Waals surface area contributed by atoms with Crippen molar-refractivity contribution in [1.82, 2.24) is 9.88 Å². The molecule has 108 valence electrons. The summed E-state index contributed by atoms with van der Waals surface area (Å²) in [5.74, 6) is 0. The first-order chi connectivity index (χ1) is 8.74. The molecule has 1 aromatic rings. The van der Waals surface area contributed by atoms with Crippen LogP contribution in [0.2, 0.25) is 0 Å². The fourth-order valence-corrected chi connectivity index (χ4v) is 1.90. The molecule has 0 saturated carbocycles. The molecule has 0 aliphatic heterocycles. The van der Waals surface area contributed by atoms with E-state index in [1.165, 1.54) is 18.4 Å². The summed E-state index contributed by atoms with van der Waals surface area (Å²) < 4.78 is 36.4. The van der Waals surface area contributed by atoms with Gasteiger partial charge in [-0.25, -0.2) is 9.78 Å². The maximum absolute atomic E-state index is 12.1. The van der Waals surface area contributed by atoms with Gasteiger partial charge in [-0.15, -0.1) is 11.3 Å². The third-order valence-electron chi connectivity index (χ3n) is 2.29. The maximum Gasteiger partial charge on any atom is 0.416 e. The second-order valence-electron chi connectivity index (χ2n) is 3.85. The summed E-state index contributed by atoms with van der Waals surface area (Å²) >= 11 is 1.25. The Morgan fingerprint density at radius 1 is 1.63 bits per heavy atom. The van der Waals surface area contributed by atoms with Gasteiger partial charge in [0.05, 0.1) is 6.54 Å². The number of urea groups is 1. The largest absolute Gasteiger partial charge is 0.416 e. The van der Waals surface area contributed by atoms with Crippen molar-refractivity contribution >= 4 is 22.5 Å². The van der Waals surface area contributed by atoms with E-state index in [1.807, 2.05) is 6.92 Å². The lowest BCUT2D eigenvalue weighted by atomic mass is 10.3. The molecule has 1 atom stereocenters. The third-order valence-corrected chi connectivity index (χ3v) is 3.34. The van der Waals surface area contributed by atoms with Crippen molar-refractivity contribution in [1.29, 1.82) is 0 Å². The zero-order valence-corrected chi connectivity index (χ0v) is 11.2. The van der Waals surface area contributed by atoms with Crippen LogP contribution in [0.4, 0.5) is 23.1 Å². The highest BCUT2D eigenvalue weighted by Gasteiger charge is 2.39. The fraction of sp³-hybridized carbons (Fsp3) is 0.600. The average molecular weight is 297 g/mol. The van der Waals surface area contributed by atoms with E-state index in [4.69, 9.17) is 5.11 Å². The molecule has 5 nitrogen and oxygen atoms in total. The third kappa shape index (κ3) is 4.67. The van der Waals surface area contributed by atoms with Gasteiger partial charge in [0, 0.05) is 18.1 Å². The number of carbonyl (C=O) groups excluding carboxylic acids is 1. The van der Waals surface area contributed by atoms with Crippen LogP contribution < -0.4 is 5.32 Å². The highest BCUT2D eigenvalue weighted by atomic mass is 32.1. The minimum absolute atomic E-state index is 0.315. The van der Waals surface area contributed by atoms with E-state index in [9.17, 15) is 18.0 Å². The van der Waals surface area contributed by atoms with Gasteiger partial charge >= 0.3 is 12.2 Å². The van der Waals surface area contributed by atoms with Gasteiger partial charge in [-0.05, 0) is 6.42 Å². The SMILES string of the molecule is CCc1cnc(NC(=O)N(C)CC(O)C(F)(F)F)s1. The summed E-state index contributed by atoms with van der Waals surface area (Å²) in [5.41, 5.74) is 0. The first kappa shape index (κ1) is 15.7. The molecule has 0 radical (unpaired) electrons. The molecule has 0 aromatic carbocycles. The van der Waals surface area contributed by atoms with E-state index in [1.54, 1.807) is 6.20 Å². The second kappa shape index (κ2) is 6.20. The van der Waals surface area contributed by atoms with Crippen molar-refractivity contribution in [2.24, 2.45) is 0 Å². The van der Waals surface area contributed by atoms with Gasteiger partial charge in [0.15, 0.2) is 11.2 Å². The van der Waals surface area contributed by atoms with E-state index in [0.717, 1.165) is 16.2 Å². The van der Waals surface area contributed by atoms with Gasteiger partial charge in [-0.1, -0.05) is 6.92 Å². The number of aliphatic hydroxyl groups excluding tert-OH is 1. The number of alkyl halides is 3. The van der Waals surface area contributed by atoms with Crippen molar-refractivity contribution in [2.75, 3.05) is 18.9 Å². The number of halogens is 3. The predicted octanol–water partition coefficient (Wildman–Crippen LogP) is 2.09. The summed E-state index contributed by atoms with van der Waals surface area (Å²) in [5, 5.41) is 11.5. The molecular formula is C10H14F3N3O2S. The number of nitrogens with one attached hydrogen (secondary N) is 1. The zero-order valence-electron chi connectivity index (χ0n) is 10.4. The molecule has 0 spiro atoms. The van der Waals surface area contributed by atoms with Crippen LogP contribution in [0.3, 0.4) is 0 Å². The smallest absolute Gasteiger partial charge is 0.382 e. The Labute approximate surface area is 112 Å². The molecule has 2 N–H and O–H groups in total. The average Bonchev–Trinajstić information content (AvgIpc) is 2.75. The first-order valence-electron chi connectivity index (χ1n) is 5.45. The Hall–Kier alpha value is -1.35. The van der Waals surface area contributed by atoms with Crippen molar-refractivity contribution in [3.05, 3.63) is 11.1 Å². The van der Waals surface area contributed by atoms with Crippen molar-refractivity contribution < 1.29 is 23.1 Å². The van der Waals surface area contributed by atoms with Crippen LogP contribution >= 0.6 is 11.3 Å². The van der Waals surface area contributed by atoms with E-state index >= 15 is 0 Å². The van der Waals surface area contributed by atoms with Gasteiger partial charge in [0.25, 0.3) is 0 Å². The molecule has 1 unspecified atom stereocenters. The van der Waals surface area contributed by atoms with E-state index in [2.05, 4.69) is 10.3 Å². The minimum Gasteiger partial charge on any atom is -0.382 e. The van der Waals surface area contributed by atoms with Crippen LogP contribution in [0.25, 0.3) is 0 Å². The van der Waals surface area contributed by atoms with E-state index < -0.39 is 24.9 Å². The van der Waals surface area contributed by atoms with Gasteiger partial charge in [-0.2, -0.15) is 13.2 Å². The molecule has 1 rings (SSSR count). The summed E-state index contributed by atoms with van der Waals surface area (Å²) in [7, 11) is 1.17. The number of carbonyl (C=O) groups is 1. The van der Waals surface area contributed by atoms with Crippen molar-refractivity contribution in [3.8, 4) is 0 Å². The molecule has 1 aromatic heterocycles. The van der Waals surface area contributed by atoms with E-state index in [0.29, 0.717) is 5.13 Å². The Kier molecular flexibility index (Phi) is 5.12. The molecule has 0 fully saturated rings. The van der Waals surface area contributed by atoms with Gasteiger partial charge < -0.3 is 10.0 Å². The lowest BCUT2D eigenvalue weighted by Crippen LogP contribution is -2.43. The standard InChI is InChI=1S/C10H14F3N3O2S/c1-3-6-4-14-8(19-6)15-9(18)16(2)5-7(17)10(11,12)13/h4,7,17H,3,5H2,1-2H3,(H,14,15,18). The normalized spacial score (nSPS) is 13.2. The molecular weight excluding hydrogens is 283 g/mol. The quantitative estimate of drug-likeness (QED) is 0.894. The lowest BCUT2D eigenvalue weighted by molar-refractivity contribution is -0.205. The molecule has 9 heteroatoms. The topological polar surface area (TPSA) is 65.5 Å². The van der Waals surface area contributed by atoms with Crippen molar-refractivity contribution in [3.63, 3.8) is 0 Å². The minimum atomic E-state index is -4.74. The Bertz CT molecular complexity index is 436. The summed E-state index contributed by atoms with van der Waals surface area (Å²) in [6.07, 6.45) is -4.96. The van der Waals surface area contributed by atoms with Crippen LogP contribution in [-0.4, -0.2) is 46.9 Å². The number of aromatic nitrogens is 1. The summed E-state index contributed by atoms with van der Waals surface area (Å²) in [4.78, 5) is 17.2. The highest BCUT2D eigenvalue weighted by Crippen LogP contribution is 2.21. The van der Waals surface area contributed by atoms with E-state index in [-0.39, 0.29) is 0 Å². The number of rotatable bonds is 4. The molecule has 0 aliphatic carbocycles. The number of nitrogens with zero attached hydrogens (tertiary/aromatic N) is 2. The van der Waals surface area contributed by atoms with Crippen LogP contribution in [0.1, 0.15) is 11.8 Å². The molecule has 19 heavy (non-hydrogen) atoms. The number of hydrogen-bond donors (Lipinski definition) is 2. The number of aliphatic hydroxyl groups is 1. The van der Waals surface area contributed by atoms with Crippen LogP contribution in [0.15, 0.2) is 6.20 Å². The van der Waals surface area contributed by atoms with Crippen LogP contribution in [0, 0.1) is 0 Å². The summed E-state index contributed by atoms with van der Waals surface area (Å²) in [6, 6.07) is -0.750. The predicted molar refractivity (Wildman–Crippen MR) is 65.2 cm³/mol. The monoisotopic (exact) mass is 297 g/mol. The van der Waals surface area contributed by atoms with Crippen molar-refractivity contribution in [2.45, 2.75) is 25.6 Å². The maximum atomic E-state index is 12.1. The zero-order chi connectivity index (χ0) is 14.6. The first-order valence-corrected chi connectivity index (χ1v) is 6.27. The Morgan fingerprint density at radius 2 is 2.26 bits per heavy atom. The number of aryl methyl sites for hydroxylation is 1. The molecule has 0 aliphatic rings. The Balaban J connectivity index is 2.53. The molecule has 2 amide bonds. The number of hydrogen-bond acceptors (Lipinski definition) is 4. The number of amides is 2. The number of anilines is 1. The van der Waals surface area contributed by atoms with Gasteiger partial charge in [-0.3, -0.25) is 5.32 Å². The lowest BCUT2D eigenvalue weighted by Gasteiger charge is -2.22. The van der Waals surface area contributed by atoms with Crippen LogP contribution in [-0.2, 0) is 6.42 Å².